The number of hydrogen-bond acceptors (Lipinski definition) is 4. The Bertz CT molecular complexity index is 1100. The highest BCUT2D eigenvalue weighted by Gasteiger charge is 2.53. The summed E-state index contributed by atoms with van der Waals surface area (Å²) in [4.78, 5) is 31.0. The molecule has 2 aromatic rings. The lowest BCUT2D eigenvalue weighted by Gasteiger charge is -2.40. The summed E-state index contributed by atoms with van der Waals surface area (Å²) >= 11 is 0. The van der Waals surface area contributed by atoms with Crippen molar-refractivity contribution < 1.29 is 19.1 Å². The molecule has 1 saturated carbocycles. The number of fused-ring (bicyclic) bond motifs is 2. The standard InChI is InChI=1S/C26H32FN3O3/c1-24(2)11-18-12-25(3,14-24)15-30(18)23(32)26(4,33)19-8-6-16(10-20(19)27)17-7-9-21(29-13-17)22(31)28-5/h6-10,13,18,33H,11-12,14-15H2,1-5H3,(H,28,31). The van der Waals surface area contributed by atoms with Crippen molar-refractivity contribution >= 4 is 11.8 Å². The number of rotatable bonds is 4. The third-order valence-corrected chi connectivity index (χ3v) is 7.14. The minimum atomic E-state index is -1.97. The number of benzene rings is 1. The minimum Gasteiger partial charge on any atom is -0.375 e. The van der Waals surface area contributed by atoms with E-state index in [1.165, 1.54) is 32.3 Å². The molecule has 2 N–H and O–H groups in total. The van der Waals surface area contributed by atoms with E-state index >= 15 is 4.39 Å². The Balaban J connectivity index is 1.58. The summed E-state index contributed by atoms with van der Waals surface area (Å²) in [6.07, 6.45) is 4.32. The second kappa shape index (κ2) is 7.90. The monoisotopic (exact) mass is 453 g/mol. The Labute approximate surface area is 194 Å². The molecule has 7 heteroatoms. The van der Waals surface area contributed by atoms with Gasteiger partial charge >= 0.3 is 0 Å². The van der Waals surface area contributed by atoms with Crippen molar-refractivity contribution in [2.75, 3.05) is 13.6 Å². The number of nitrogens with one attached hydrogen (secondary N) is 1. The Morgan fingerprint density at radius 3 is 2.48 bits per heavy atom. The SMILES string of the molecule is CNC(=O)c1ccc(-c2ccc(C(C)(O)C(=O)N3CC4(C)CC3CC(C)(C)C4)c(F)c2)cn1. The molecular weight excluding hydrogens is 421 g/mol. The van der Waals surface area contributed by atoms with Crippen molar-refractivity contribution in [1.29, 1.82) is 0 Å². The summed E-state index contributed by atoms with van der Waals surface area (Å²) in [6, 6.07) is 7.72. The van der Waals surface area contributed by atoms with Crippen molar-refractivity contribution in [3.8, 4) is 11.1 Å². The topological polar surface area (TPSA) is 82.5 Å². The van der Waals surface area contributed by atoms with Gasteiger partial charge < -0.3 is 15.3 Å². The molecule has 2 heterocycles. The predicted octanol–water partition coefficient (Wildman–Crippen LogP) is 3.88. The Morgan fingerprint density at radius 2 is 1.88 bits per heavy atom. The number of carbonyl (C=O) groups is 2. The number of likely N-dealkylation sites (tertiary alicyclic amines) is 1. The van der Waals surface area contributed by atoms with E-state index < -0.39 is 17.3 Å². The van der Waals surface area contributed by atoms with Crippen LogP contribution in [-0.4, -0.2) is 46.4 Å². The van der Waals surface area contributed by atoms with Gasteiger partial charge in [0.25, 0.3) is 11.8 Å². The van der Waals surface area contributed by atoms with E-state index in [1.54, 1.807) is 23.1 Å². The van der Waals surface area contributed by atoms with Gasteiger partial charge in [-0.15, -0.1) is 0 Å². The van der Waals surface area contributed by atoms with Gasteiger partial charge in [0.1, 0.15) is 11.5 Å². The molecule has 2 amide bonds. The van der Waals surface area contributed by atoms with Crippen LogP contribution in [0, 0.1) is 16.6 Å². The molecule has 4 rings (SSSR count). The van der Waals surface area contributed by atoms with Gasteiger partial charge in [-0.05, 0) is 54.7 Å². The van der Waals surface area contributed by atoms with E-state index in [-0.39, 0.29) is 34.0 Å². The van der Waals surface area contributed by atoms with Crippen molar-refractivity contribution in [1.82, 2.24) is 15.2 Å². The smallest absolute Gasteiger partial charge is 0.269 e. The molecule has 3 atom stereocenters. The largest absolute Gasteiger partial charge is 0.375 e. The predicted molar refractivity (Wildman–Crippen MR) is 124 cm³/mol. The zero-order valence-corrected chi connectivity index (χ0v) is 19.9. The van der Waals surface area contributed by atoms with Gasteiger partial charge in [-0.25, -0.2) is 4.39 Å². The maximum absolute atomic E-state index is 15.2. The van der Waals surface area contributed by atoms with E-state index in [1.807, 2.05) is 0 Å². The number of aliphatic hydroxyl groups is 1. The average Bonchev–Trinajstić information content (AvgIpc) is 3.00. The Kier molecular flexibility index (Phi) is 5.60. The fourth-order valence-corrected chi connectivity index (χ4v) is 6.01. The second-order valence-electron chi connectivity index (χ2n) is 10.9. The van der Waals surface area contributed by atoms with Crippen LogP contribution in [0.5, 0.6) is 0 Å². The number of pyridine rings is 1. The molecule has 2 aliphatic rings. The molecule has 176 valence electrons. The first-order chi connectivity index (χ1) is 15.3. The molecular formula is C26H32FN3O3. The molecule has 2 bridgehead atoms. The Morgan fingerprint density at radius 1 is 1.18 bits per heavy atom. The molecule has 6 nitrogen and oxygen atoms in total. The zero-order valence-electron chi connectivity index (χ0n) is 19.9. The van der Waals surface area contributed by atoms with Crippen molar-refractivity contribution in [2.45, 2.75) is 58.6 Å². The molecule has 1 aliphatic heterocycles. The number of carbonyl (C=O) groups excluding carboxylic acids is 2. The van der Waals surface area contributed by atoms with Gasteiger partial charge in [-0.2, -0.15) is 0 Å². The summed E-state index contributed by atoms with van der Waals surface area (Å²) in [5, 5.41) is 13.7. The first kappa shape index (κ1) is 23.4. The average molecular weight is 454 g/mol. The molecule has 33 heavy (non-hydrogen) atoms. The third-order valence-electron chi connectivity index (χ3n) is 7.14. The summed E-state index contributed by atoms with van der Waals surface area (Å²) in [7, 11) is 1.52. The fourth-order valence-electron chi connectivity index (χ4n) is 6.01. The molecule has 1 saturated heterocycles. The highest BCUT2D eigenvalue weighted by atomic mass is 19.1. The maximum Gasteiger partial charge on any atom is 0.269 e. The zero-order chi connectivity index (χ0) is 24.2. The Hall–Kier alpha value is -2.80. The lowest BCUT2D eigenvalue weighted by Crippen LogP contribution is -2.48. The van der Waals surface area contributed by atoms with Crippen LogP contribution in [0.15, 0.2) is 36.5 Å². The molecule has 3 unspecified atom stereocenters. The van der Waals surface area contributed by atoms with Gasteiger partial charge in [-0.1, -0.05) is 39.0 Å². The number of amides is 2. The lowest BCUT2D eigenvalue weighted by molar-refractivity contribution is -0.152. The summed E-state index contributed by atoms with van der Waals surface area (Å²) < 4.78 is 15.2. The van der Waals surface area contributed by atoms with E-state index in [0.29, 0.717) is 17.7 Å². The van der Waals surface area contributed by atoms with E-state index in [0.717, 1.165) is 19.3 Å². The molecule has 2 fully saturated rings. The number of nitrogens with zero attached hydrogens (tertiary/aromatic N) is 2. The number of hydrogen-bond donors (Lipinski definition) is 2. The molecule has 1 aromatic carbocycles. The van der Waals surface area contributed by atoms with Crippen LogP contribution in [0.3, 0.4) is 0 Å². The van der Waals surface area contributed by atoms with Crippen LogP contribution in [0.2, 0.25) is 0 Å². The van der Waals surface area contributed by atoms with Gasteiger partial charge in [0.2, 0.25) is 0 Å². The molecule has 1 aromatic heterocycles. The number of halogens is 1. The van der Waals surface area contributed by atoms with Gasteiger partial charge in [0.15, 0.2) is 5.60 Å². The number of aromatic nitrogens is 1. The fraction of sp³-hybridized carbons (Fsp3) is 0.500. The highest BCUT2D eigenvalue weighted by molar-refractivity contribution is 5.92. The molecule has 0 radical (unpaired) electrons. The van der Waals surface area contributed by atoms with Crippen LogP contribution in [0.25, 0.3) is 11.1 Å². The summed E-state index contributed by atoms with van der Waals surface area (Å²) in [5.41, 5.74) is -0.427. The highest BCUT2D eigenvalue weighted by Crippen LogP contribution is 2.53. The third kappa shape index (κ3) is 4.26. The van der Waals surface area contributed by atoms with E-state index in [4.69, 9.17) is 0 Å². The quantitative estimate of drug-likeness (QED) is 0.736. The second-order valence-corrected chi connectivity index (χ2v) is 10.9. The molecule has 1 aliphatic carbocycles. The van der Waals surface area contributed by atoms with Crippen LogP contribution in [-0.2, 0) is 10.4 Å². The van der Waals surface area contributed by atoms with Crippen molar-refractivity contribution in [2.24, 2.45) is 10.8 Å². The lowest BCUT2D eigenvalue weighted by atomic mass is 9.65. The van der Waals surface area contributed by atoms with Crippen LogP contribution in [0.1, 0.15) is 63.0 Å². The van der Waals surface area contributed by atoms with Gasteiger partial charge in [-0.3, -0.25) is 14.6 Å². The van der Waals surface area contributed by atoms with E-state index in [9.17, 15) is 14.7 Å². The van der Waals surface area contributed by atoms with Crippen molar-refractivity contribution in [3.63, 3.8) is 0 Å². The van der Waals surface area contributed by atoms with Crippen LogP contribution < -0.4 is 5.32 Å². The van der Waals surface area contributed by atoms with E-state index in [2.05, 4.69) is 31.1 Å². The first-order valence-electron chi connectivity index (χ1n) is 11.4. The maximum atomic E-state index is 15.2. The van der Waals surface area contributed by atoms with Crippen molar-refractivity contribution in [3.05, 3.63) is 53.6 Å². The minimum absolute atomic E-state index is 0.0222. The summed E-state index contributed by atoms with van der Waals surface area (Å²) in [6.45, 7) is 8.60. The summed E-state index contributed by atoms with van der Waals surface area (Å²) in [5.74, 6) is -1.41. The normalized spacial score (nSPS) is 25.4. The van der Waals surface area contributed by atoms with Gasteiger partial charge in [0, 0.05) is 37.0 Å². The van der Waals surface area contributed by atoms with Gasteiger partial charge in [0.05, 0.1) is 0 Å². The van der Waals surface area contributed by atoms with Crippen LogP contribution in [0.4, 0.5) is 4.39 Å². The molecule has 0 spiro atoms. The van der Waals surface area contributed by atoms with Crippen LogP contribution >= 0.6 is 0 Å². The first-order valence-corrected chi connectivity index (χ1v) is 11.4.